The van der Waals surface area contributed by atoms with E-state index in [2.05, 4.69) is 5.32 Å². The summed E-state index contributed by atoms with van der Waals surface area (Å²) in [5.74, 6) is 1.52. The van der Waals surface area contributed by atoms with E-state index in [0.29, 0.717) is 23.7 Å². The Morgan fingerprint density at radius 1 is 1.00 bits per heavy atom. The van der Waals surface area contributed by atoms with Crippen LogP contribution in [0.5, 0.6) is 23.0 Å². The predicted octanol–water partition coefficient (Wildman–Crippen LogP) is 3.98. The standard InChI is InChI=1S/C22H23NO5/c1-26-13-10-15-22(19(11-13)28-3)20(12-7-8-18(27-2)17(25)9-12)21-14(23-15)5-4-6-16(21)24/h7-11,20,23,25H,4-6H2,1-3H3/t20-/m1/s1. The molecule has 0 spiro atoms. The second-order valence-electron chi connectivity index (χ2n) is 6.95. The lowest BCUT2D eigenvalue weighted by molar-refractivity contribution is -0.116. The summed E-state index contributed by atoms with van der Waals surface area (Å²) in [4.78, 5) is 12.9. The SMILES string of the molecule is COc1cc2c(c(OC)c1)[C@H](c1ccc(OC)c(O)c1)C1=C(CCCC1=O)N2. The van der Waals surface area contributed by atoms with Gasteiger partial charge in [-0.15, -0.1) is 0 Å². The zero-order valence-electron chi connectivity index (χ0n) is 16.2. The molecule has 28 heavy (non-hydrogen) atoms. The molecule has 2 N–H and O–H groups in total. The Morgan fingerprint density at radius 2 is 1.79 bits per heavy atom. The molecule has 4 rings (SSSR count). The molecule has 1 atom stereocenters. The average Bonchev–Trinajstić information content (AvgIpc) is 2.71. The molecule has 2 aromatic rings. The number of carbonyl (C=O) groups is 1. The number of Topliss-reactive ketones (excluding diaryl/α,β-unsaturated/α-hetero) is 1. The largest absolute Gasteiger partial charge is 0.504 e. The van der Waals surface area contributed by atoms with Crippen molar-refractivity contribution in [3.8, 4) is 23.0 Å². The fraction of sp³-hybridized carbons (Fsp3) is 0.318. The molecule has 0 fully saturated rings. The highest BCUT2D eigenvalue weighted by Gasteiger charge is 2.37. The van der Waals surface area contributed by atoms with Gasteiger partial charge in [0.2, 0.25) is 0 Å². The van der Waals surface area contributed by atoms with Crippen LogP contribution in [0.2, 0.25) is 0 Å². The zero-order chi connectivity index (χ0) is 19.8. The summed E-state index contributed by atoms with van der Waals surface area (Å²) in [7, 11) is 4.72. The van der Waals surface area contributed by atoms with Crippen molar-refractivity contribution in [1.82, 2.24) is 0 Å². The Bertz CT molecular complexity index is 979. The second kappa shape index (κ2) is 7.11. The minimum atomic E-state index is -0.336. The van der Waals surface area contributed by atoms with Gasteiger partial charge >= 0.3 is 0 Å². The number of rotatable bonds is 4. The molecule has 146 valence electrons. The van der Waals surface area contributed by atoms with E-state index in [9.17, 15) is 9.90 Å². The molecule has 2 aromatic carbocycles. The number of methoxy groups -OCH3 is 3. The Morgan fingerprint density at radius 3 is 2.46 bits per heavy atom. The highest BCUT2D eigenvalue weighted by molar-refractivity contribution is 6.01. The molecule has 0 unspecified atom stereocenters. The number of hydrogen-bond acceptors (Lipinski definition) is 6. The first-order valence-electron chi connectivity index (χ1n) is 9.23. The number of benzene rings is 2. The number of allylic oxidation sites excluding steroid dienone is 2. The third-order valence-electron chi connectivity index (χ3n) is 5.43. The minimum absolute atomic E-state index is 0.0398. The number of phenolic OH excluding ortho intramolecular Hbond substituents is 1. The van der Waals surface area contributed by atoms with Crippen LogP contribution in [0.15, 0.2) is 41.6 Å². The summed E-state index contributed by atoms with van der Waals surface area (Å²) in [5, 5.41) is 13.8. The van der Waals surface area contributed by atoms with Crippen LogP contribution in [-0.2, 0) is 4.79 Å². The zero-order valence-corrected chi connectivity index (χ0v) is 16.2. The van der Waals surface area contributed by atoms with E-state index in [1.54, 1.807) is 26.4 Å². The Kier molecular flexibility index (Phi) is 4.63. The maximum absolute atomic E-state index is 12.9. The number of anilines is 1. The molecule has 0 amide bonds. The van der Waals surface area contributed by atoms with Gasteiger partial charge in [0.1, 0.15) is 11.5 Å². The molecule has 0 radical (unpaired) electrons. The fourth-order valence-corrected chi connectivity index (χ4v) is 4.14. The number of aromatic hydroxyl groups is 1. The first kappa shape index (κ1) is 18.2. The van der Waals surface area contributed by atoms with Gasteiger partial charge in [-0.3, -0.25) is 4.79 Å². The van der Waals surface area contributed by atoms with Crippen molar-refractivity contribution < 1.29 is 24.1 Å². The lowest BCUT2D eigenvalue weighted by atomic mass is 9.75. The van der Waals surface area contributed by atoms with Crippen LogP contribution in [0.3, 0.4) is 0 Å². The van der Waals surface area contributed by atoms with Crippen molar-refractivity contribution in [1.29, 1.82) is 0 Å². The molecule has 1 heterocycles. The van der Waals surface area contributed by atoms with Gasteiger partial charge in [0.25, 0.3) is 0 Å². The number of phenols is 1. The molecule has 0 aromatic heterocycles. The van der Waals surface area contributed by atoms with Crippen molar-refractivity contribution in [3.05, 3.63) is 52.7 Å². The maximum Gasteiger partial charge on any atom is 0.161 e. The predicted molar refractivity (Wildman–Crippen MR) is 106 cm³/mol. The fourth-order valence-electron chi connectivity index (χ4n) is 4.14. The van der Waals surface area contributed by atoms with Crippen LogP contribution < -0.4 is 19.5 Å². The van der Waals surface area contributed by atoms with E-state index in [-0.39, 0.29) is 17.5 Å². The van der Waals surface area contributed by atoms with E-state index in [0.717, 1.165) is 40.9 Å². The van der Waals surface area contributed by atoms with Gasteiger partial charge in [0.05, 0.1) is 21.3 Å². The Hall–Kier alpha value is -3.15. The highest BCUT2D eigenvalue weighted by atomic mass is 16.5. The summed E-state index contributed by atoms with van der Waals surface area (Å²) in [6.45, 7) is 0. The van der Waals surface area contributed by atoms with Crippen molar-refractivity contribution in [2.24, 2.45) is 0 Å². The van der Waals surface area contributed by atoms with Gasteiger partial charge in [-0.25, -0.2) is 0 Å². The normalized spacial score (nSPS) is 18.1. The Balaban J connectivity index is 1.97. The molecular formula is C22H23NO5. The van der Waals surface area contributed by atoms with Crippen LogP contribution in [0.25, 0.3) is 0 Å². The molecular weight excluding hydrogens is 358 g/mol. The number of nitrogens with one attached hydrogen (secondary N) is 1. The van der Waals surface area contributed by atoms with Crippen LogP contribution >= 0.6 is 0 Å². The molecule has 0 saturated carbocycles. The maximum atomic E-state index is 12.9. The van der Waals surface area contributed by atoms with Crippen LogP contribution in [0.1, 0.15) is 36.3 Å². The molecule has 1 aliphatic carbocycles. The van der Waals surface area contributed by atoms with Crippen LogP contribution in [-0.4, -0.2) is 32.2 Å². The first-order chi connectivity index (χ1) is 13.6. The molecule has 0 saturated heterocycles. The second-order valence-corrected chi connectivity index (χ2v) is 6.95. The van der Waals surface area contributed by atoms with E-state index in [4.69, 9.17) is 14.2 Å². The Labute approximate surface area is 163 Å². The highest BCUT2D eigenvalue weighted by Crippen LogP contribution is 2.51. The molecule has 0 bridgehead atoms. The lowest BCUT2D eigenvalue weighted by Gasteiger charge is -2.35. The van der Waals surface area contributed by atoms with Crippen molar-refractivity contribution in [2.45, 2.75) is 25.2 Å². The van der Waals surface area contributed by atoms with Crippen LogP contribution in [0, 0.1) is 0 Å². The van der Waals surface area contributed by atoms with Crippen molar-refractivity contribution >= 4 is 11.5 Å². The topological polar surface area (TPSA) is 77.0 Å². The number of ketones is 1. The van der Waals surface area contributed by atoms with E-state index in [1.165, 1.54) is 7.11 Å². The summed E-state index contributed by atoms with van der Waals surface area (Å²) < 4.78 is 16.2. The van der Waals surface area contributed by atoms with Crippen molar-refractivity contribution in [3.63, 3.8) is 0 Å². The minimum Gasteiger partial charge on any atom is -0.504 e. The molecule has 6 nitrogen and oxygen atoms in total. The van der Waals surface area contributed by atoms with Gasteiger partial charge in [-0.2, -0.15) is 0 Å². The third-order valence-corrected chi connectivity index (χ3v) is 5.43. The van der Waals surface area contributed by atoms with Crippen LogP contribution in [0.4, 0.5) is 5.69 Å². The summed E-state index contributed by atoms with van der Waals surface area (Å²) in [6.07, 6.45) is 2.15. The van der Waals surface area contributed by atoms with Crippen molar-refractivity contribution in [2.75, 3.05) is 26.6 Å². The smallest absolute Gasteiger partial charge is 0.161 e. The average molecular weight is 381 g/mol. The molecule has 6 heteroatoms. The van der Waals surface area contributed by atoms with E-state index < -0.39 is 0 Å². The third kappa shape index (κ3) is 2.85. The number of fused-ring (bicyclic) bond motifs is 1. The van der Waals surface area contributed by atoms with E-state index in [1.807, 2.05) is 18.2 Å². The lowest BCUT2D eigenvalue weighted by Crippen LogP contribution is -2.27. The van der Waals surface area contributed by atoms with E-state index >= 15 is 0 Å². The molecule has 2 aliphatic rings. The number of carbonyl (C=O) groups excluding carboxylic acids is 1. The van der Waals surface area contributed by atoms with Gasteiger partial charge in [0.15, 0.2) is 17.3 Å². The van der Waals surface area contributed by atoms with Gasteiger partial charge in [-0.05, 0) is 30.5 Å². The quantitative estimate of drug-likeness (QED) is 0.834. The summed E-state index contributed by atoms with van der Waals surface area (Å²) in [5.41, 5.74) is 4.20. The number of hydrogen-bond donors (Lipinski definition) is 2. The monoisotopic (exact) mass is 381 g/mol. The first-order valence-corrected chi connectivity index (χ1v) is 9.23. The summed E-state index contributed by atoms with van der Waals surface area (Å²) >= 11 is 0. The van der Waals surface area contributed by atoms with Gasteiger partial charge < -0.3 is 24.6 Å². The number of ether oxygens (including phenoxy) is 3. The molecule has 1 aliphatic heterocycles. The van der Waals surface area contributed by atoms with Gasteiger partial charge in [0, 0.05) is 47.0 Å². The van der Waals surface area contributed by atoms with Gasteiger partial charge in [-0.1, -0.05) is 6.07 Å². The summed E-state index contributed by atoms with van der Waals surface area (Å²) in [6, 6.07) is 8.99.